The zero-order valence-corrected chi connectivity index (χ0v) is 10.8. The van der Waals surface area contributed by atoms with Gasteiger partial charge in [0.2, 0.25) is 6.54 Å². The van der Waals surface area contributed by atoms with Crippen LogP contribution in [0.25, 0.3) is 0 Å². The number of nitrogens with zero attached hydrogens (tertiary/aromatic N) is 1. The van der Waals surface area contributed by atoms with Crippen LogP contribution in [-0.2, 0) is 4.79 Å². The molecule has 0 N–H and O–H groups in total. The van der Waals surface area contributed by atoms with Gasteiger partial charge in [0, 0.05) is 10.8 Å². The van der Waals surface area contributed by atoms with Crippen molar-refractivity contribution >= 4 is 5.78 Å². The standard InChI is InChI=1S/C14H19NO3/c1-3-7-13(11(2)16)14(10-15(17)18)12-8-5-4-6-9-12/h4-6,8-9,13-14H,3,7,10H2,1-2H3/t13-,14+/m1/s1. The highest BCUT2D eigenvalue weighted by Crippen LogP contribution is 2.29. The van der Waals surface area contributed by atoms with Gasteiger partial charge in [0.05, 0.1) is 5.92 Å². The minimum Gasteiger partial charge on any atom is -0.300 e. The van der Waals surface area contributed by atoms with Crippen LogP contribution in [0.4, 0.5) is 0 Å². The normalized spacial score (nSPS) is 13.9. The molecule has 1 aromatic rings. The number of rotatable bonds is 7. The molecule has 2 atom stereocenters. The van der Waals surface area contributed by atoms with Crippen molar-refractivity contribution in [3.8, 4) is 0 Å². The number of hydrogen-bond donors (Lipinski definition) is 0. The molecule has 0 amide bonds. The molecule has 0 heterocycles. The van der Waals surface area contributed by atoms with E-state index in [4.69, 9.17) is 0 Å². The van der Waals surface area contributed by atoms with Gasteiger partial charge in [-0.3, -0.25) is 14.9 Å². The van der Waals surface area contributed by atoms with Crippen LogP contribution in [0, 0.1) is 16.0 Å². The Morgan fingerprint density at radius 3 is 2.39 bits per heavy atom. The van der Waals surface area contributed by atoms with Crippen molar-refractivity contribution in [2.45, 2.75) is 32.6 Å². The van der Waals surface area contributed by atoms with Crippen LogP contribution in [0.3, 0.4) is 0 Å². The summed E-state index contributed by atoms with van der Waals surface area (Å²) in [4.78, 5) is 22.2. The van der Waals surface area contributed by atoms with Gasteiger partial charge in [-0.05, 0) is 18.9 Å². The molecule has 0 spiro atoms. The number of Topliss-reactive ketones (excluding diaryl/α,β-unsaturated/α-hetero) is 1. The monoisotopic (exact) mass is 249 g/mol. The van der Waals surface area contributed by atoms with E-state index < -0.39 is 0 Å². The Morgan fingerprint density at radius 1 is 1.33 bits per heavy atom. The van der Waals surface area contributed by atoms with E-state index in [1.54, 1.807) is 0 Å². The van der Waals surface area contributed by atoms with Gasteiger partial charge in [-0.15, -0.1) is 0 Å². The van der Waals surface area contributed by atoms with E-state index in [0.717, 1.165) is 12.0 Å². The van der Waals surface area contributed by atoms with Crippen LogP contribution in [0.15, 0.2) is 30.3 Å². The third-order valence-corrected chi connectivity index (χ3v) is 3.18. The number of carbonyl (C=O) groups is 1. The second-order valence-electron chi connectivity index (χ2n) is 4.54. The first kappa shape index (κ1) is 14.4. The molecule has 0 bridgehead atoms. The van der Waals surface area contributed by atoms with Crippen LogP contribution >= 0.6 is 0 Å². The molecule has 4 nitrogen and oxygen atoms in total. The Kier molecular flexibility index (Phi) is 5.49. The molecular weight excluding hydrogens is 230 g/mol. The Bertz CT molecular complexity index is 403. The molecular formula is C14H19NO3. The fraction of sp³-hybridized carbons (Fsp3) is 0.500. The second-order valence-corrected chi connectivity index (χ2v) is 4.54. The number of ketones is 1. The van der Waals surface area contributed by atoms with Crippen LogP contribution in [0.1, 0.15) is 38.2 Å². The summed E-state index contributed by atoms with van der Waals surface area (Å²) in [5.74, 6) is -0.547. The largest absolute Gasteiger partial charge is 0.300 e. The Hall–Kier alpha value is -1.71. The molecule has 1 rings (SSSR count). The van der Waals surface area contributed by atoms with Crippen LogP contribution < -0.4 is 0 Å². The minimum atomic E-state index is -0.330. The van der Waals surface area contributed by atoms with E-state index in [-0.39, 0.29) is 29.1 Å². The Balaban J connectivity index is 3.03. The van der Waals surface area contributed by atoms with Crippen molar-refractivity contribution in [3.05, 3.63) is 46.0 Å². The zero-order valence-electron chi connectivity index (χ0n) is 10.8. The highest BCUT2D eigenvalue weighted by Gasteiger charge is 2.30. The van der Waals surface area contributed by atoms with Gasteiger partial charge >= 0.3 is 0 Å². The third kappa shape index (κ3) is 3.95. The molecule has 98 valence electrons. The van der Waals surface area contributed by atoms with Crippen LogP contribution in [-0.4, -0.2) is 17.3 Å². The van der Waals surface area contributed by atoms with Crippen molar-refractivity contribution in [3.63, 3.8) is 0 Å². The maximum absolute atomic E-state index is 11.7. The quantitative estimate of drug-likeness (QED) is 0.551. The SMILES string of the molecule is CCC[C@H](C(C)=O)[C@@H](C[N+](=O)[O-])c1ccccc1. The van der Waals surface area contributed by atoms with Gasteiger partial charge in [0.15, 0.2) is 0 Å². The van der Waals surface area contributed by atoms with Gasteiger partial charge in [0.25, 0.3) is 0 Å². The molecule has 0 aliphatic carbocycles. The second kappa shape index (κ2) is 6.89. The van der Waals surface area contributed by atoms with Crippen molar-refractivity contribution in [2.24, 2.45) is 5.92 Å². The fourth-order valence-corrected chi connectivity index (χ4v) is 2.32. The van der Waals surface area contributed by atoms with E-state index in [1.165, 1.54) is 6.92 Å². The van der Waals surface area contributed by atoms with Crippen molar-refractivity contribution in [1.29, 1.82) is 0 Å². The molecule has 0 saturated carbocycles. The third-order valence-electron chi connectivity index (χ3n) is 3.18. The Morgan fingerprint density at radius 2 is 1.94 bits per heavy atom. The number of hydrogen-bond acceptors (Lipinski definition) is 3. The fourth-order valence-electron chi connectivity index (χ4n) is 2.32. The van der Waals surface area contributed by atoms with Gasteiger partial charge in [-0.25, -0.2) is 0 Å². The molecule has 0 aliphatic rings. The lowest BCUT2D eigenvalue weighted by Crippen LogP contribution is -2.26. The van der Waals surface area contributed by atoms with Crippen LogP contribution in [0.5, 0.6) is 0 Å². The Labute approximate surface area is 107 Å². The van der Waals surface area contributed by atoms with Crippen molar-refractivity contribution in [1.82, 2.24) is 0 Å². The number of nitro groups is 1. The topological polar surface area (TPSA) is 60.2 Å². The highest BCUT2D eigenvalue weighted by atomic mass is 16.6. The summed E-state index contributed by atoms with van der Waals surface area (Å²) in [5, 5.41) is 10.8. The summed E-state index contributed by atoms with van der Waals surface area (Å²) in [6, 6.07) is 9.30. The maximum atomic E-state index is 11.7. The van der Waals surface area contributed by atoms with Crippen LogP contribution in [0.2, 0.25) is 0 Å². The summed E-state index contributed by atoms with van der Waals surface area (Å²) >= 11 is 0. The van der Waals surface area contributed by atoms with E-state index in [2.05, 4.69) is 0 Å². The first-order valence-corrected chi connectivity index (χ1v) is 6.23. The summed E-state index contributed by atoms with van der Waals surface area (Å²) in [7, 11) is 0. The van der Waals surface area contributed by atoms with Crippen molar-refractivity contribution < 1.29 is 9.72 Å². The highest BCUT2D eigenvalue weighted by molar-refractivity contribution is 5.79. The lowest BCUT2D eigenvalue weighted by molar-refractivity contribution is -0.484. The summed E-state index contributed by atoms with van der Waals surface area (Å²) in [6.07, 6.45) is 1.55. The van der Waals surface area contributed by atoms with E-state index in [1.807, 2.05) is 37.3 Å². The first-order chi connectivity index (χ1) is 8.56. The predicted molar refractivity (Wildman–Crippen MR) is 70.1 cm³/mol. The molecule has 0 radical (unpaired) electrons. The molecule has 4 heteroatoms. The number of carbonyl (C=O) groups excluding carboxylic acids is 1. The number of benzene rings is 1. The van der Waals surface area contributed by atoms with E-state index in [9.17, 15) is 14.9 Å². The molecule has 0 saturated heterocycles. The maximum Gasteiger partial charge on any atom is 0.211 e. The average molecular weight is 249 g/mol. The van der Waals surface area contributed by atoms with E-state index in [0.29, 0.717) is 6.42 Å². The van der Waals surface area contributed by atoms with Gasteiger partial charge < -0.3 is 0 Å². The predicted octanol–water partition coefficient (Wildman–Crippen LogP) is 3.05. The molecule has 1 aromatic carbocycles. The molecule has 0 fully saturated rings. The summed E-state index contributed by atoms with van der Waals surface area (Å²) in [6.45, 7) is 3.33. The molecule has 0 aromatic heterocycles. The van der Waals surface area contributed by atoms with Gasteiger partial charge in [-0.2, -0.15) is 0 Å². The lowest BCUT2D eigenvalue weighted by atomic mass is 9.81. The minimum absolute atomic E-state index is 0.0348. The van der Waals surface area contributed by atoms with Gasteiger partial charge in [-0.1, -0.05) is 43.7 Å². The van der Waals surface area contributed by atoms with Crippen molar-refractivity contribution in [2.75, 3.05) is 6.54 Å². The summed E-state index contributed by atoms with van der Waals surface area (Å²) < 4.78 is 0. The first-order valence-electron chi connectivity index (χ1n) is 6.23. The molecule has 0 unspecified atom stereocenters. The summed E-state index contributed by atoms with van der Waals surface area (Å²) in [5.41, 5.74) is 0.878. The van der Waals surface area contributed by atoms with Gasteiger partial charge in [0.1, 0.15) is 5.78 Å². The smallest absolute Gasteiger partial charge is 0.211 e. The van der Waals surface area contributed by atoms with E-state index >= 15 is 0 Å². The zero-order chi connectivity index (χ0) is 13.5. The average Bonchev–Trinajstić information content (AvgIpc) is 2.34. The molecule has 18 heavy (non-hydrogen) atoms. The molecule has 0 aliphatic heterocycles. The lowest BCUT2D eigenvalue weighted by Gasteiger charge is -2.22.